The second-order valence-corrected chi connectivity index (χ2v) is 6.99. The molecule has 2 unspecified atom stereocenters. The minimum atomic E-state index is -0.481. The normalized spacial score (nSPS) is 18.4. The van der Waals surface area contributed by atoms with Crippen LogP contribution >= 0.6 is 11.7 Å². The van der Waals surface area contributed by atoms with Crippen LogP contribution in [-0.4, -0.2) is 31.8 Å². The summed E-state index contributed by atoms with van der Waals surface area (Å²) in [6.07, 6.45) is 1.75. The second-order valence-electron chi connectivity index (χ2n) is 6.46. The third kappa shape index (κ3) is 2.48. The lowest BCUT2D eigenvalue weighted by atomic mass is 9.76. The lowest BCUT2D eigenvalue weighted by Gasteiger charge is -2.27. The molecule has 0 fully saturated rings. The zero-order valence-electron chi connectivity index (χ0n) is 14.8. The number of aliphatic imine (C=N–C) groups is 1. The molecule has 4 aromatic rings. The molecule has 28 heavy (non-hydrogen) atoms. The number of ether oxygens (including phenoxy) is 1. The number of hydrogen-bond acceptors (Lipinski definition) is 7. The van der Waals surface area contributed by atoms with E-state index >= 15 is 0 Å². The minimum absolute atomic E-state index is 0.235. The molecule has 0 amide bonds. The Morgan fingerprint density at radius 3 is 2.75 bits per heavy atom. The lowest BCUT2D eigenvalue weighted by Crippen LogP contribution is -2.26. The largest absolute Gasteiger partial charge is 0.497 e. The maximum atomic E-state index is 10.1. The van der Waals surface area contributed by atoms with Gasteiger partial charge in [0.25, 0.3) is 0 Å². The van der Waals surface area contributed by atoms with E-state index < -0.39 is 5.92 Å². The first-order valence-electron chi connectivity index (χ1n) is 8.67. The molecule has 0 saturated carbocycles. The van der Waals surface area contributed by atoms with Crippen molar-refractivity contribution < 1.29 is 4.74 Å². The van der Waals surface area contributed by atoms with Crippen molar-refractivity contribution in [1.82, 2.24) is 18.9 Å². The number of nitriles is 1. The zero-order chi connectivity index (χ0) is 19.1. The van der Waals surface area contributed by atoms with Gasteiger partial charge in [0.15, 0.2) is 5.82 Å². The smallest absolute Gasteiger partial charge is 0.152 e. The number of fused-ring (bicyclic) bond motifs is 2. The predicted octanol–water partition coefficient (Wildman–Crippen LogP) is 3.83. The van der Waals surface area contributed by atoms with Crippen molar-refractivity contribution in [2.45, 2.75) is 5.92 Å². The van der Waals surface area contributed by atoms with E-state index in [4.69, 9.17) is 9.73 Å². The summed E-state index contributed by atoms with van der Waals surface area (Å²) in [4.78, 5) is 4.73. The first-order valence-corrected chi connectivity index (χ1v) is 9.40. The van der Waals surface area contributed by atoms with Crippen LogP contribution in [0.15, 0.2) is 53.7 Å². The molecule has 2 aromatic heterocycles. The van der Waals surface area contributed by atoms with Gasteiger partial charge in [-0.1, -0.05) is 12.1 Å². The molecule has 2 atom stereocenters. The minimum Gasteiger partial charge on any atom is -0.497 e. The molecule has 7 nitrogen and oxygen atoms in total. The summed E-state index contributed by atoms with van der Waals surface area (Å²) in [5.74, 6) is 0.708. The molecular formula is C20H14N6OS. The van der Waals surface area contributed by atoms with Crippen LogP contribution in [-0.2, 0) is 0 Å². The van der Waals surface area contributed by atoms with E-state index in [9.17, 15) is 5.26 Å². The highest BCUT2D eigenvalue weighted by molar-refractivity contribution is 7.00. The van der Waals surface area contributed by atoms with Gasteiger partial charge >= 0.3 is 0 Å². The molecule has 8 heteroatoms. The number of nitrogens with one attached hydrogen (secondary N) is 1. The Bertz CT molecular complexity index is 1230. The monoisotopic (exact) mass is 386 g/mol. The quantitative estimate of drug-likeness (QED) is 0.577. The molecule has 1 aliphatic rings. The van der Waals surface area contributed by atoms with Crippen molar-refractivity contribution in [2.24, 2.45) is 10.9 Å². The van der Waals surface area contributed by atoms with Crippen molar-refractivity contribution >= 4 is 34.3 Å². The molecule has 5 rings (SSSR count). The van der Waals surface area contributed by atoms with Gasteiger partial charge in [-0.25, -0.2) is 4.99 Å². The van der Waals surface area contributed by atoms with Gasteiger partial charge < -0.3 is 4.74 Å². The Labute approximate surface area is 164 Å². The van der Waals surface area contributed by atoms with Crippen LogP contribution in [0.5, 0.6) is 5.75 Å². The summed E-state index contributed by atoms with van der Waals surface area (Å²) in [5, 5.41) is 17.3. The summed E-state index contributed by atoms with van der Waals surface area (Å²) < 4.78 is 14.1. The summed E-state index contributed by atoms with van der Waals surface area (Å²) in [7, 11) is 1.63. The lowest BCUT2D eigenvalue weighted by molar-refractivity contribution is 0.415. The number of hydrogen-bond donors (Lipinski definition) is 1. The number of aromatic nitrogens is 4. The third-order valence-corrected chi connectivity index (χ3v) is 5.56. The van der Waals surface area contributed by atoms with Crippen molar-refractivity contribution in [3.8, 4) is 11.8 Å². The average molecular weight is 386 g/mol. The fourth-order valence-electron chi connectivity index (χ4n) is 3.70. The highest BCUT2D eigenvalue weighted by Crippen LogP contribution is 2.44. The molecule has 2 aromatic carbocycles. The first-order chi connectivity index (χ1) is 13.8. The molecule has 0 aliphatic carbocycles. The number of nitrogens with zero attached hydrogens (tertiary/aromatic N) is 5. The first kappa shape index (κ1) is 16.6. The highest BCUT2D eigenvalue weighted by atomic mass is 32.1. The van der Waals surface area contributed by atoms with Gasteiger partial charge in [-0.15, -0.1) is 0 Å². The Morgan fingerprint density at radius 1 is 1.11 bits per heavy atom. The van der Waals surface area contributed by atoms with Crippen LogP contribution in [0.4, 0.5) is 5.82 Å². The van der Waals surface area contributed by atoms with Crippen molar-refractivity contribution in [2.75, 3.05) is 7.11 Å². The van der Waals surface area contributed by atoms with Crippen molar-refractivity contribution in [3.63, 3.8) is 0 Å². The molecule has 3 heterocycles. The average Bonchev–Trinajstić information content (AvgIpc) is 3.41. The van der Waals surface area contributed by atoms with Crippen LogP contribution < -0.4 is 4.74 Å². The summed E-state index contributed by atoms with van der Waals surface area (Å²) in [5.41, 5.74) is 5.08. The maximum absolute atomic E-state index is 10.1. The van der Waals surface area contributed by atoms with E-state index in [-0.39, 0.29) is 5.92 Å². The molecule has 1 aliphatic heterocycles. The van der Waals surface area contributed by atoms with E-state index in [1.807, 2.05) is 42.5 Å². The van der Waals surface area contributed by atoms with Crippen LogP contribution in [0.1, 0.15) is 22.6 Å². The standard InChI is InChI=1S/C20H14N6OS/c1-27-12-7-5-11(6-8-12)18-14(9-21)17(15-10-22-24-20(15)23-18)13-3-2-4-16-19(13)26-28-25-16/h2-8,10,14,17H,1H3,(H,22,24). The summed E-state index contributed by atoms with van der Waals surface area (Å²) in [6, 6.07) is 15.9. The van der Waals surface area contributed by atoms with Gasteiger partial charge in [-0.2, -0.15) is 19.1 Å². The number of H-pyrrole nitrogens is 1. The molecule has 0 bridgehead atoms. The van der Waals surface area contributed by atoms with Gasteiger partial charge in [-0.3, -0.25) is 5.10 Å². The SMILES string of the molecule is COc1ccc(C2=Nc3[nH]ncc3C(c3cccc4nsnc34)C2C#N)cc1. The molecule has 0 radical (unpaired) electrons. The second kappa shape index (κ2) is 6.55. The molecule has 0 spiro atoms. The van der Waals surface area contributed by atoms with Crippen LogP contribution in [0.25, 0.3) is 11.0 Å². The molecule has 136 valence electrons. The van der Waals surface area contributed by atoms with Gasteiger partial charge in [0.1, 0.15) is 22.7 Å². The van der Waals surface area contributed by atoms with Gasteiger partial charge in [-0.05, 0) is 41.5 Å². The van der Waals surface area contributed by atoms with E-state index in [1.54, 1.807) is 13.3 Å². The number of benzene rings is 2. The Morgan fingerprint density at radius 2 is 1.96 bits per heavy atom. The van der Waals surface area contributed by atoms with Crippen molar-refractivity contribution in [1.29, 1.82) is 5.26 Å². The fraction of sp³-hybridized carbons (Fsp3) is 0.150. The number of methoxy groups -OCH3 is 1. The van der Waals surface area contributed by atoms with Gasteiger partial charge in [0.05, 0.1) is 36.8 Å². The zero-order valence-corrected chi connectivity index (χ0v) is 15.6. The van der Waals surface area contributed by atoms with Crippen LogP contribution in [0.2, 0.25) is 0 Å². The summed E-state index contributed by atoms with van der Waals surface area (Å²) in [6.45, 7) is 0. The van der Waals surface area contributed by atoms with Crippen LogP contribution in [0.3, 0.4) is 0 Å². The van der Waals surface area contributed by atoms with E-state index in [1.165, 1.54) is 11.7 Å². The fourth-order valence-corrected chi connectivity index (χ4v) is 4.26. The maximum Gasteiger partial charge on any atom is 0.152 e. The third-order valence-electron chi connectivity index (χ3n) is 5.02. The number of rotatable bonds is 3. The molecule has 0 saturated heterocycles. The molecule has 1 N–H and O–H groups in total. The topological polar surface area (TPSA) is 99.8 Å². The van der Waals surface area contributed by atoms with Gasteiger partial charge in [0.2, 0.25) is 0 Å². The van der Waals surface area contributed by atoms with Gasteiger partial charge in [0, 0.05) is 11.5 Å². The van der Waals surface area contributed by atoms with E-state index in [0.717, 1.165) is 33.5 Å². The van der Waals surface area contributed by atoms with E-state index in [2.05, 4.69) is 25.0 Å². The van der Waals surface area contributed by atoms with E-state index in [0.29, 0.717) is 11.5 Å². The Hall–Kier alpha value is -3.57. The Kier molecular flexibility index (Phi) is 3.88. The van der Waals surface area contributed by atoms with Crippen LogP contribution in [0, 0.1) is 17.2 Å². The van der Waals surface area contributed by atoms with Crippen molar-refractivity contribution in [3.05, 3.63) is 65.4 Å². The number of aromatic amines is 1. The summed E-state index contributed by atoms with van der Waals surface area (Å²) >= 11 is 1.17. The molecular weight excluding hydrogens is 372 g/mol. The predicted molar refractivity (Wildman–Crippen MR) is 106 cm³/mol. The Balaban J connectivity index is 1.71. The highest BCUT2D eigenvalue weighted by Gasteiger charge is 2.37.